The number of aromatic nitrogens is 1. The summed E-state index contributed by atoms with van der Waals surface area (Å²) < 4.78 is 0. The molecule has 0 radical (unpaired) electrons. The Balaban J connectivity index is 1.98. The van der Waals surface area contributed by atoms with E-state index in [1.54, 1.807) is 6.07 Å². The van der Waals surface area contributed by atoms with E-state index in [1.165, 1.54) is 64.2 Å². The fourth-order valence-electron chi connectivity index (χ4n) is 2.91. The SMILES string of the molecule is CCCCCCCCCCCCC(C)c1cc(O)[nH]c1O. The Morgan fingerprint density at radius 2 is 1.43 bits per heavy atom. The van der Waals surface area contributed by atoms with Gasteiger partial charge in [0.15, 0.2) is 11.8 Å². The number of unbranched alkanes of at least 4 members (excludes halogenated alkanes) is 9. The summed E-state index contributed by atoms with van der Waals surface area (Å²) in [5, 5.41) is 19.0. The van der Waals surface area contributed by atoms with Crippen molar-refractivity contribution in [3.63, 3.8) is 0 Å². The van der Waals surface area contributed by atoms with Crippen molar-refractivity contribution in [1.29, 1.82) is 0 Å². The van der Waals surface area contributed by atoms with Gasteiger partial charge < -0.3 is 10.2 Å². The van der Waals surface area contributed by atoms with Gasteiger partial charge in [-0.05, 0) is 12.3 Å². The normalized spacial score (nSPS) is 12.7. The molecule has 0 aromatic carbocycles. The van der Waals surface area contributed by atoms with Crippen LogP contribution in [-0.4, -0.2) is 15.2 Å². The van der Waals surface area contributed by atoms with E-state index in [9.17, 15) is 10.2 Å². The van der Waals surface area contributed by atoms with Crippen LogP contribution in [0.2, 0.25) is 0 Å². The molecule has 1 rings (SSSR count). The highest BCUT2D eigenvalue weighted by Crippen LogP contribution is 2.32. The first-order chi connectivity index (χ1) is 10.1. The lowest BCUT2D eigenvalue weighted by Crippen LogP contribution is -1.92. The average Bonchev–Trinajstić information content (AvgIpc) is 2.79. The molecule has 3 nitrogen and oxygen atoms in total. The highest BCUT2D eigenvalue weighted by Gasteiger charge is 2.13. The molecule has 1 aromatic heterocycles. The molecule has 1 unspecified atom stereocenters. The maximum atomic E-state index is 9.65. The molecule has 0 spiro atoms. The molecule has 0 aliphatic heterocycles. The first-order valence-electron chi connectivity index (χ1n) is 8.76. The van der Waals surface area contributed by atoms with Crippen molar-refractivity contribution in [1.82, 2.24) is 4.98 Å². The number of aromatic amines is 1. The predicted octanol–water partition coefficient (Wildman–Crippen LogP) is 5.84. The molecule has 0 aliphatic rings. The zero-order chi connectivity index (χ0) is 15.5. The van der Waals surface area contributed by atoms with Gasteiger partial charge in [-0.15, -0.1) is 0 Å². The van der Waals surface area contributed by atoms with Crippen LogP contribution in [0.1, 0.15) is 96.0 Å². The molecule has 0 fully saturated rings. The molecule has 0 saturated carbocycles. The lowest BCUT2D eigenvalue weighted by molar-refractivity contribution is 0.420. The topological polar surface area (TPSA) is 56.2 Å². The van der Waals surface area contributed by atoms with Crippen LogP contribution in [0.3, 0.4) is 0 Å². The summed E-state index contributed by atoms with van der Waals surface area (Å²) in [5.41, 5.74) is 0.837. The Kier molecular flexibility index (Phi) is 9.04. The fraction of sp³-hybridized carbons (Fsp3) is 0.778. The quantitative estimate of drug-likeness (QED) is 0.424. The van der Waals surface area contributed by atoms with E-state index in [-0.39, 0.29) is 11.8 Å². The highest BCUT2D eigenvalue weighted by atomic mass is 16.3. The number of hydrogen-bond acceptors (Lipinski definition) is 2. The Hall–Kier alpha value is -1.12. The molecule has 0 amide bonds. The van der Waals surface area contributed by atoms with Gasteiger partial charge in [0.25, 0.3) is 0 Å². The van der Waals surface area contributed by atoms with E-state index in [1.807, 2.05) is 0 Å². The summed E-state index contributed by atoms with van der Waals surface area (Å²) in [6.45, 7) is 4.37. The predicted molar refractivity (Wildman–Crippen MR) is 89.0 cm³/mol. The van der Waals surface area contributed by atoms with E-state index in [4.69, 9.17) is 0 Å². The van der Waals surface area contributed by atoms with Crippen LogP contribution in [0, 0.1) is 0 Å². The summed E-state index contributed by atoms with van der Waals surface area (Å²) >= 11 is 0. The van der Waals surface area contributed by atoms with Crippen LogP contribution in [0.5, 0.6) is 11.8 Å². The number of rotatable bonds is 12. The van der Waals surface area contributed by atoms with Crippen LogP contribution in [-0.2, 0) is 0 Å². The van der Waals surface area contributed by atoms with E-state index in [2.05, 4.69) is 18.8 Å². The van der Waals surface area contributed by atoms with Gasteiger partial charge in [0.1, 0.15) is 0 Å². The van der Waals surface area contributed by atoms with Crippen molar-refractivity contribution in [3.05, 3.63) is 11.6 Å². The van der Waals surface area contributed by atoms with Crippen molar-refractivity contribution in [3.8, 4) is 11.8 Å². The molecule has 1 aromatic rings. The first-order valence-corrected chi connectivity index (χ1v) is 8.76. The van der Waals surface area contributed by atoms with Gasteiger partial charge in [-0.3, -0.25) is 4.98 Å². The van der Waals surface area contributed by atoms with Crippen LogP contribution in [0.25, 0.3) is 0 Å². The second-order valence-corrected chi connectivity index (χ2v) is 6.33. The van der Waals surface area contributed by atoms with Gasteiger partial charge in [0.05, 0.1) is 0 Å². The molecule has 3 heteroatoms. The van der Waals surface area contributed by atoms with Crippen LogP contribution < -0.4 is 0 Å². The Morgan fingerprint density at radius 1 is 0.905 bits per heavy atom. The lowest BCUT2D eigenvalue weighted by atomic mass is 9.96. The Bertz CT molecular complexity index is 373. The third-order valence-corrected chi connectivity index (χ3v) is 4.33. The number of H-pyrrole nitrogens is 1. The van der Waals surface area contributed by atoms with Gasteiger partial charge in [0, 0.05) is 11.6 Å². The summed E-state index contributed by atoms with van der Waals surface area (Å²) in [5.74, 6) is 0.473. The highest BCUT2D eigenvalue weighted by molar-refractivity contribution is 5.35. The van der Waals surface area contributed by atoms with E-state index < -0.39 is 0 Å². The molecular formula is C18H33NO2. The molecule has 1 atom stereocenters. The summed E-state index contributed by atoms with van der Waals surface area (Å²) in [6, 6.07) is 1.64. The molecule has 122 valence electrons. The van der Waals surface area contributed by atoms with Crippen molar-refractivity contribution in [2.24, 2.45) is 0 Å². The van der Waals surface area contributed by atoms with Crippen LogP contribution in [0.15, 0.2) is 6.07 Å². The van der Waals surface area contributed by atoms with Gasteiger partial charge in [-0.25, -0.2) is 0 Å². The zero-order valence-corrected chi connectivity index (χ0v) is 13.8. The zero-order valence-electron chi connectivity index (χ0n) is 13.8. The average molecular weight is 295 g/mol. The largest absolute Gasteiger partial charge is 0.495 e. The van der Waals surface area contributed by atoms with Crippen molar-refractivity contribution < 1.29 is 10.2 Å². The van der Waals surface area contributed by atoms with E-state index in [0.717, 1.165) is 12.0 Å². The molecule has 0 saturated heterocycles. The smallest absolute Gasteiger partial charge is 0.194 e. The first kappa shape index (κ1) is 17.9. The Labute approximate surface area is 129 Å². The summed E-state index contributed by atoms with van der Waals surface area (Å²) in [6.07, 6.45) is 14.5. The summed E-state index contributed by atoms with van der Waals surface area (Å²) in [7, 11) is 0. The van der Waals surface area contributed by atoms with Gasteiger partial charge >= 0.3 is 0 Å². The molecule has 1 heterocycles. The van der Waals surface area contributed by atoms with Crippen molar-refractivity contribution in [2.45, 2.75) is 90.4 Å². The lowest BCUT2D eigenvalue weighted by Gasteiger charge is -2.09. The fourth-order valence-corrected chi connectivity index (χ4v) is 2.91. The monoisotopic (exact) mass is 295 g/mol. The number of aromatic hydroxyl groups is 2. The standard InChI is InChI=1S/C18H33NO2/c1-3-4-5-6-7-8-9-10-11-12-13-15(2)16-14-17(20)19-18(16)21/h14-15,19-21H,3-13H2,1-2H3. The Morgan fingerprint density at radius 3 is 1.90 bits per heavy atom. The number of nitrogens with one attached hydrogen (secondary N) is 1. The molecule has 3 N–H and O–H groups in total. The second kappa shape index (κ2) is 10.6. The van der Waals surface area contributed by atoms with Crippen molar-refractivity contribution >= 4 is 0 Å². The number of hydrogen-bond donors (Lipinski definition) is 3. The summed E-state index contributed by atoms with van der Waals surface area (Å²) in [4.78, 5) is 2.54. The van der Waals surface area contributed by atoms with Gasteiger partial charge in [-0.1, -0.05) is 78.1 Å². The van der Waals surface area contributed by atoms with Gasteiger partial charge in [-0.2, -0.15) is 0 Å². The van der Waals surface area contributed by atoms with Gasteiger partial charge in [0.2, 0.25) is 0 Å². The molecule has 21 heavy (non-hydrogen) atoms. The minimum atomic E-state index is 0.0532. The maximum absolute atomic E-state index is 9.65. The van der Waals surface area contributed by atoms with Crippen LogP contribution in [0.4, 0.5) is 0 Å². The van der Waals surface area contributed by atoms with E-state index in [0.29, 0.717) is 5.92 Å². The third-order valence-electron chi connectivity index (χ3n) is 4.33. The third kappa shape index (κ3) is 7.45. The minimum absolute atomic E-state index is 0.0532. The maximum Gasteiger partial charge on any atom is 0.194 e. The molecular weight excluding hydrogens is 262 g/mol. The molecule has 0 bridgehead atoms. The van der Waals surface area contributed by atoms with Crippen molar-refractivity contribution in [2.75, 3.05) is 0 Å². The van der Waals surface area contributed by atoms with E-state index >= 15 is 0 Å². The molecule has 0 aliphatic carbocycles. The minimum Gasteiger partial charge on any atom is -0.495 e. The van der Waals surface area contributed by atoms with Crippen LogP contribution >= 0.6 is 0 Å². The second-order valence-electron chi connectivity index (χ2n) is 6.33.